The summed E-state index contributed by atoms with van der Waals surface area (Å²) < 4.78 is 6.96. The molecule has 9 heteroatoms. The van der Waals surface area contributed by atoms with Gasteiger partial charge in [-0.1, -0.05) is 23.7 Å². The van der Waals surface area contributed by atoms with Crippen molar-refractivity contribution in [3.05, 3.63) is 56.5 Å². The van der Waals surface area contributed by atoms with Crippen LogP contribution in [0.4, 0.5) is 10.7 Å². The molecule has 1 amide bonds. The standard InChI is InChI=1S/C22H30ClN5O3/c1-22(2,3)31-21(30)27-13-11-18-17(14-27)19(29)28(26(4)5)20(25-18)24-12-10-15-6-8-16(23)9-7-15/h6-9H,10-14H2,1-5H3,(H,24,25). The SMILES string of the molecule is CN(C)n1c(NCCc2ccc(Cl)cc2)nc2c(c1=O)CN(C(=O)OC(C)(C)C)CC2. The third-order valence-corrected chi connectivity index (χ3v) is 5.12. The summed E-state index contributed by atoms with van der Waals surface area (Å²) in [5, 5.41) is 5.68. The minimum absolute atomic E-state index is 0.183. The van der Waals surface area contributed by atoms with E-state index in [-0.39, 0.29) is 12.1 Å². The molecule has 31 heavy (non-hydrogen) atoms. The summed E-state index contributed by atoms with van der Waals surface area (Å²) in [5.74, 6) is 0.494. The highest BCUT2D eigenvalue weighted by molar-refractivity contribution is 6.30. The van der Waals surface area contributed by atoms with Crippen molar-refractivity contribution in [1.82, 2.24) is 14.6 Å². The second kappa shape index (κ2) is 9.18. The summed E-state index contributed by atoms with van der Waals surface area (Å²) >= 11 is 5.94. The molecule has 0 spiro atoms. The van der Waals surface area contributed by atoms with Crippen LogP contribution < -0.4 is 15.9 Å². The Balaban J connectivity index is 1.79. The van der Waals surface area contributed by atoms with Crippen molar-refractivity contribution in [2.45, 2.75) is 45.8 Å². The summed E-state index contributed by atoms with van der Waals surface area (Å²) in [5.41, 5.74) is 1.61. The van der Waals surface area contributed by atoms with E-state index >= 15 is 0 Å². The van der Waals surface area contributed by atoms with Gasteiger partial charge in [-0.05, 0) is 44.9 Å². The van der Waals surface area contributed by atoms with E-state index in [4.69, 9.17) is 21.3 Å². The van der Waals surface area contributed by atoms with Crippen LogP contribution in [0.25, 0.3) is 0 Å². The Hall–Kier alpha value is -2.74. The van der Waals surface area contributed by atoms with Gasteiger partial charge in [0.15, 0.2) is 0 Å². The fraction of sp³-hybridized carbons (Fsp3) is 0.500. The Bertz CT molecular complexity index is 996. The maximum absolute atomic E-state index is 13.2. The zero-order valence-electron chi connectivity index (χ0n) is 18.7. The number of fused-ring (bicyclic) bond motifs is 1. The van der Waals surface area contributed by atoms with Gasteiger partial charge >= 0.3 is 6.09 Å². The molecule has 168 valence electrons. The van der Waals surface area contributed by atoms with Crippen LogP contribution in [-0.2, 0) is 24.1 Å². The number of nitrogens with one attached hydrogen (secondary N) is 1. The van der Waals surface area contributed by atoms with Gasteiger partial charge in [0.25, 0.3) is 5.56 Å². The number of amides is 1. The van der Waals surface area contributed by atoms with Gasteiger partial charge in [-0.3, -0.25) is 4.79 Å². The average molecular weight is 448 g/mol. The lowest BCUT2D eigenvalue weighted by atomic mass is 10.1. The smallest absolute Gasteiger partial charge is 0.410 e. The molecule has 2 heterocycles. The van der Waals surface area contributed by atoms with Crippen molar-refractivity contribution < 1.29 is 9.53 Å². The Morgan fingerprint density at radius 2 is 1.94 bits per heavy atom. The van der Waals surface area contributed by atoms with E-state index in [0.717, 1.165) is 17.7 Å². The molecule has 0 atom stereocenters. The predicted octanol–water partition coefficient (Wildman–Crippen LogP) is 3.04. The molecule has 0 saturated carbocycles. The second-order valence-electron chi connectivity index (χ2n) is 8.78. The van der Waals surface area contributed by atoms with E-state index < -0.39 is 11.7 Å². The molecule has 2 aromatic rings. The van der Waals surface area contributed by atoms with E-state index in [1.54, 1.807) is 24.0 Å². The van der Waals surface area contributed by atoms with Crippen LogP contribution in [0.3, 0.4) is 0 Å². The van der Waals surface area contributed by atoms with E-state index in [1.807, 2.05) is 45.0 Å². The molecule has 3 rings (SSSR count). The summed E-state index contributed by atoms with van der Waals surface area (Å²) in [4.78, 5) is 32.0. The van der Waals surface area contributed by atoms with Crippen LogP contribution in [0, 0.1) is 0 Å². The van der Waals surface area contributed by atoms with Crippen LogP contribution in [0.5, 0.6) is 0 Å². The first-order chi connectivity index (χ1) is 14.5. The summed E-state index contributed by atoms with van der Waals surface area (Å²) in [6.07, 6.45) is 0.854. The van der Waals surface area contributed by atoms with Crippen molar-refractivity contribution in [3.63, 3.8) is 0 Å². The molecule has 0 saturated heterocycles. The molecule has 0 unspecified atom stereocenters. The van der Waals surface area contributed by atoms with E-state index in [1.165, 1.54) is 4.68 Å². The lowest BCUT2D eigenvalue weighted by molar-refractivity contribution is 0.0221. The van der Waals surface area contributed by atoms with Crippen molar-refractivity contribution in [3.8, 4) is 0 Å². The van der Waals surface area contributed by atoms with Gasteiger partial charge in [0.1, 0.15) is 5.60 Å². The Kier molecular flexibility index (Phi) is 6.79. The van der Waals surface area contributed by atoms with Gasteiger partial charge in [0.05, 0.1) is 17.8 Å². The molecule has 0 bridgehead atoms. The number of carbonyl (C=O) groups is 1. The lowest BCUT2D eigenvalue weighted by Gasteiger charge is -2.31. The first-order valence-electron chi connectivity index (χ1n) is 10.3. The molecular formula is C22H30ClN5O3. The second-order valence-corrected chi connectivity index (χ2v) is 9.22. The number of aromatic nitrogens is 2. The number of carbonyl (C=O) groups excluding carboxylic acids is 1. The maximum Gasteiger partial charge on any atom is 0.410 e. The van der Waals surface area contributed by atoms with Crippen LogP contribution >= 0.6 is 11.6 Å². The number of anilines is 1. The summed E-state index contributed by atoms with van der Waals surface area (Å²) in [6.45, 7) is 6.74. The highest BCUT2D eigenvalue weighted by Gasteiger charge is 2.29. The molecular weight excluding hydrogens is 418 g/mol. The molecule has 8 nitrogen and oxygen atoms in total. The molecule has 0 radical (unpaired) electrons. The fourth-order valence-corrected chi connectivity index (χ4v) is 3.53. The van der Waals surface area contributed by atoms with Gasteiger partial charge in [0.2, 0.25) is 5.95 Å². The van der Waals surface area contributed by atoms with Crippen molar-refractivity contribution in [2.75, 3.05) is 37.5 Å². The highest BCUT2D eigenvalue weighted by atomic mass is 35.5. The monoisotopic (exact) mass is 447 g/mol. The fourth-order valence-electron chi connectivity index (χ4n) is 3.40. The number of rotatable bonds is 5. The first-order valence-corrected chi connectivity index (χ1v) is 10.7. The molecule has 1 aromatic carbocycles. The first kappa shape index (κ1) is 22.9. The van der Waals surface area contributed by atoms with E-state index in [2.05, 4.69) is 5.32 Å². The third-order valence-electron chi connectivity index (χ3n) is 4.87. The largest absolute Gasteiger partial charge is 0.444 e. The van der Waals surface area contributed by atoms with Crippen LogP contribution in [-0.4, -0.2) is 53.4 Å². The van der Waals surface area contributed by atoms with Crippen molar-refractivity contribution in [1.29, 1.82) is 0 Å². The normalized spacial score (nSPS) is 13.5. The minimum atomic E-state index is -0.586. The quantitative estimate of drug-likeness (QED) is 0.758. The summed E-state index contributed by atoms with van der Waals surface area (Å²) in [7, 11) is 3.57. The van der Waals surface area contributed by atoms with Crippen LogP contribution in [0.1, 0.15) is 37.6 Å². The van der Waals surface area contributed by atoms with Crippen LogP contribution in [0.15, 0.2) is 29.1 Å². The number of benzene rings is 1. The molecule has 1 aromatic heterocycles. The number of ether oxygens (including phenoxy) is 1. The molecule has 1 aliphatic heterocycles. The minimum Gasteiger partial charge on any atom is -0.444 e. The van der Waals surface area contributed by atoms with Gasteiger partial charge in [0, 0.05) is 38.6 Å². The predicted molar refractivity (Wildman–Crippen MR) is 123 cm³/mol. The van der Waals surface area contributed by atoms with Crippen molar-refractivity contribution >= 4 is 23.6 Å². The highest BCUT2D eigenvalue weighted by Crippen LogP contribution is 2.19. The van der Waals surface area contributed by atoms with Gasteiger partial charge in [-0.25, -0.2) is 9.78 Å². The van der Waals surface area contributed by atoms with Crippen LogP contribution in [0.2, 0.25) is 5.02 Å². The van der Waals surface area contributed by atoms with Gasteiger partial charge < -0.3 is 20.0 Å². The molecule has 0 fully saturated rings. The topological polar surface area (TPSA) is 79.7 Å². The zero-order valence-corrected chi connectivity index (χ0v) is 19.5. The molecule has 1 aliphatic rings. The summed E-state index contributed by atoms with van der Waals surface area (Å²) in [6, 6.07) is 7.68. The Morgan fingerprint density at radius 1 is 1.26 bits per heavy atom. The zero-order chi connectivity index (χ0) is 22.8. The van der Waals surface area contributed by atoms with Gasteiger partial charge in [-0.15, -0.1) is 0 Å². The number of nitrogens with zero attached hydrogens (tertiary/aromatic N) is 4. The van der Waals surface area contributed by atoms with E-state index in [0.29, 0.717) is 36.0 Å². The third kappa shape index (κ3) is 5.70. The molecule has 1 N–H and O–H groups in total. The number of hydrogen-bond acceptors (Lipinski definition) is 6. The molecule has 0 aliphatic carbocycles. The van der Waals surface area contributed by atoms with E-state index in [9.17, 15) is 9.59 Å². The maximum atomic E-state index is 13.2. The average Bonchev–Trinajstić information content (AvgIpc) is 2.68. The lowest BCUT2D eigenvalue weighted by Crippen LogP contribution is -2.46. The van der Waals surface area contributed by atoms with Gasteiger partial charge in [-0.2, -0.15) is 4.68 Å². The Morgan fingerprint density at radius 3 is 2.55 bits per heavy atom. The number of hydrogen-bond donors (Lipinski definition) is 1. The van der Waals surface area contributed by atoms with Crippen molar-refractivity contribution in [2.24, 2.45) is 0 Å². The Labute approximate surface area is 187 Å². The number of halogens is 1.